The highest BCUT2D eigenvalue weighted by atomic mass is 16.5. The van der Waals surface area contributed by atoms with Crippen LogP contribution in [0, 0.1) is 0 Å². The van der Waals surface area contributed by atoms with Gasteiger partial charge in [0.25, 0.3) is 0 Å². The lowest BCUT2D eigenvalue weighted by Crippen LogP contribution is -2.14. The molecule has 0 amide bonds. The normalized spacial score (nSPS) is 10.4. The van der Waals surface area contributed by atoms with Gasteiger partial charge in [-0.3, -0.25) is 5.10 Å². The molecule has 19 heavy (non-hydrogen) atoms. The van der Waals surface area contributed by atoms with E-state index in [1.165, 1.54) is 0 Å². The Morgan fingerprint density at radius 3 is 2.84 bits per heavy atom. The molecule has 0 aliphatic heterocycles. The molecule has 0 spiro atoms. The molecule has 1 aromatic carbocycles. The molecule has 0 fully saturated rings. The number of nitrogens with zero attached hydrogens (tertiary/aromatic N) is 1. The van der Waals surface area contributed by atoms with Crippen molar-refractivity contribution in [1.29, 1.82) is 0 Å². The number of H-pyrrole nitrogens is 1. The highest BCUT2D eigenvalue weighted by Crippen LogP contribution is 2.30. The lowest BCUT2D eigenvalue weighted by Gasteiger charge is -2.13. The second-order valence-electron chi connectivity index (χ2n) is 4.07. The van der Waals surface area contributed by atoms with E-state index in [-0.39, 0.29) is 0 Å². The fourth-order valence-corrected chi connectivity index (χ4v) is 1.92. The predicted octanol–water partition coefficient (Wildman–Crippen LogP) is 2.11. The van der Waals surface area contributed by atoms with Crippen LogP contribution in [0.2, 0.25) is 0 Å². The molecule has 0 saturated carbocycles. The van der Waals surface area contributed by atoms with E-state index >= 15 is 0 Å². The van der Waals surface area contributed by atoms with E-state index < -0.39 is 0 Å². The van der Waals surface area contributed by atoms with Crippen LogP contribution < -0.4 is 14.8 Å². The first-order valence-corrected chi connectivity index (χ1v) is 6.32. The first-order chi connectivity index (χ1) is 9.35. The third-order valence-corrected chi connectivity index (χ3v) is 2.75. The lowest BCUT2D eigenvalue weighted by atomic mass is 10.2. The van der Waals surface area contributed by atoms with Crippen molar-refractivity contribution in [2.45, 2.75) is 20.0 Å². The van der Waals surface area contributed by atoms with Gasteiger partial charge in [0.15, 0.2) is 11.5 Å². The zero-order chi connectivity index (χ0) is 13.5. The van der Waals surface area contributed by atoms with Gasteiger partial charge >= 0.3 is 0 Å². The van der Waals surface area contributed by atoms with Gasteiger partial charge in [0, 0.05) is 30.5 Å². The largest absolute Gasteiger partial charge is 0.493 e. The maximum atomic E-state index is 5.55. The van der Waals surface area contributed by atoms with E-state index in [2.05, 4.69) is 15.5 Å². The Morgan fingerprint density at radius 2 is 2.16 bits per heavy atom. The van der Waals surface area contributed by atoms with Crippen LogP contribution in [0.1, 0.15) is 18.2 Å². The number of aromatic amines is 1. The average Bonchev–Trinajstić information content (AvgIpc) is 2.93. The fourth-order valence-electron chi connectivity index (χ4n) is 1.92. The number of aromatic nitrogens is 2. The summed E-state index contributed by atoms with van der Waals surface area (Å²) in [4.78, 5) is 0. The van der Waals surface area contributed by atoms with Crippen molar-refractivity contribution in [2.24, 2.45) is 0 Å². The Hall–Kier alpha value is -2.01. The van der Waals surface area contributed by atoms with Gasteiger partial charge in [0.2, 0.25) is 0 Å². The summed E-state index contributed by atoms with van der Waals surface area (Å²) < 4.78 is 11.0. The molecule has 0 unspecified atom stereocenters. The summed E-state index contributed by atoms with van der Waals surface area (Å²) in [6.07, 6.45) is 1.74. The molecule has 102 valence electrons. The minimum absolute atomic E-state index is 0.626. The highest BCUT2D eigenvalue weighted by Gasteiger charge is 2.09. The SMILES string of the molecule is CCOc1cccc(CNCc2ccn[nH]2)c1OC. The average molecular weight is 261 g/mol. The molecule has 0 saturated heterocycles. The minimum atomic E-state index is 0.626. The second-order valence-corrected chi connectivity index (χ2v) is 4.07. The molecular formula is C14H19N3O2. The quantitative estimate of drug-likeness (QED) is 0.801. The summed E-state index contributed by atoms with van der Waals surface area (Å²) >= 11 is 0. The van der Waals surface area contributed by atoms with Gasteiger partial charge in [-0.25, -0.2) is 0 Å². The molecule has 5 heteroatoms. The molecular weight excluding hydrogens is 242 g/mol. The van der Waals surface area contributed by atoms with Gasteiger partial charge < -0.3 is 14.8 Å². The van der Waals surface area contributed by atoms with E-state index in [1.807, 2.05) is 31.2 Å². The van der Waals surface area contributed by atoms with Gasteiger partial charge in [0.1, 0.15) is 0 Å². The van der Waals surface area contributed by atoms with E-state index in [9.17, 15) is 0 Å². The Bertz CT molecular complexity index is 497. The smallest absolute Gasteiger partial charge is 0.165 e. The first-order valence-electron chi connectivity index (χ1n) is 6.32. The minimum Gasteiger partial charge on any atom is -0.493 e. The van der Waals surface area contributed by atoms with Crippen molar-refractivity contribution < 1.29 is 9.47 Å². The summed E-state index contributed by atoms with van der Waals surface area (Å²) in [7, 11) is 1.66. The maximum Gasteiger partial charge on any atom is 0.165 e. The van der Waals surface area contributed by atoms with Crippen molar-refractivity contribution in [3.63, 3.8) is 0 Å². The fraction of sp³-hybridized carbons (Fsp3) is 0.357. The summed E-state index contributed by atoms with van der Waals surface area (Å²) in [5.41, 5.74) is 2.13. The molecule has 2 N–H and O–H groups in total. The number of nitrogens with one attached hydrogen (secondary N) is 2. The van der Waals surface area contributed by atoms with Crippen molar-refractivity contribution in [3.8, 4) is 11.5 Å². The lowest BCUT2D eigenvalue weighted by molar-refractivity contribution is 0.308. The Labute approximate surface area is 112 Å². The third kappa shape index (κ3) is 3.48. The van der Waals surface area contributed by atoms with Crippen LogP contribution in [0.3, 0.4) is 0 Å². The van der Waals surface area contributed by atoms with Gasteiger partial charge in [-0.1, -0.05) is 12.1 Å². The molecule has 1 heterocycles. The zero-order valence-corrected chi connectivity index (χ0v) is 11.3. The summed E-state index contributed by atoms with van der Waals surface area (Å²) in [6, 6.07) is 7.86. The summed E-state index contributed by atoms with van der Waals surface area (Å²) in [5, 5.41) is 10.2. The van der Waals surface area contributed by atoms with Crippen LogP contribution in [0.5, 0.6) is 11.5 Å². The third-order valence-electron chi connectivity index (χ3n) is 2.75. The number of rotatable bonds is 7. The van der Waals surface area contributed by atoms with Crippen LogP contribution in [-0.4, -0.2) is 23.9 Å². The van der Waals surface area contributed by atoms with E-state index in [0.29, 0.717) is 13.2 Å². The first kappa shape index (κ1) is 13.4. The molecule has 2 rings (SSSR count). The van der Waals surface area contributed by atoms with E-state index in [0.717, 1.165) is 29.3 Å². The molecule has 5 nitrogen and oxygen atoms in total. The molecule has 0 aliphatic carbocycles. The number of hydrogen-bond acceptors (Lipinski definition) is 4. The van der Waals surface area contributed by atoms with Gasteiger partial charge in [-0.05, 0) is 19.1 Å². The van der Waals surface area contributed by atoms with E-state index in [4.69, 9.17) is 9.47 Å². The summed E-state index contributed by atoms with van der Waals surface area (Å²) in [6.45, 7) is 4.04. The molecule has 1 aromatic heterocycles. The standard InChI is InChI=1S/C14H19N3O2/c1-3-19-13-6-4-5-11(14(13)18-2)9-15-10-12-7-8-16-17-12/h4-8,15H,3,9-10H2,1-2H3,(H,16,17). The Morgan fingerprint density at radius 1 is 1.26 bits per heavy atom. The van der Waals surface area contributed by atoms with Crippen LogP contribution in [0.15, 0.2) is 30.5 Å². The van der Waals surface area contributed by atoms with Crippen LogP contribution >= 0.6 is 0 Å². The molecule has 0 aliphatic rings. The van der Waals surface area contributed by atoms with Gasteiger partial charge in [-0.2, -0.15) is 5.10 Å². The predicted molar refractivity (Wildman–Crippen MR) is 73.3 cm³/mol. The van der Waals surface area contributed by atoms with E-state index in [1.54, 1.807) is 13.3 Å². The molecule has 2 aromatic rings. The van der Waals surface area contributed by atoms with Crippen LogP contribution in [-0.2, 0) is 13.1 Å². The zero-order valence-electron chi connectivity index (χ0n) is 11.3. The maximum absolute atomic E-state index is 5.55. The highest BCUT2D eigenvalue weighted by molar-refractivity contribution is 5.46. The Kier molecular flexibility index (Phi) is 4.80. The monoisotopic (exact) mass is 261 g/mol. The second kappa shape index (κ2) is 6.80. The van der Waals surface area contributed by atoms with Crippen molar-refractivity contribution in [1.82, 2.24) is 15.5 Å². The van der Waals surface area contributed by atoms with Crippen LogP contribution in [0.25, 0.3) is 0 Å². The van der Waals surface area contributed by atoms with Crippen molar-refractivity contribution in [3.05, 3.63) is 41.7 Å². The van der Waals surface area contributed by atoms with Gasteiger partial charge in [0.05, 0.1) is 13.7 Å². The molecule has 0 atom stereocenters. The number of hydrogen-bond donors (Lipinski definition) is 2. The Balaban J connectivity index is 2.00. The number of benzene rings is 1. The van der Waals surface area contributed by atoms with Crippen molar-refractivity contribution >= 4 is 0 Å². The molecule has 0 radical (unpaired) electrons. The number of ether oxygens (including phenoxy) is 2. The topological polar surface area (TPSA) is 59.2 Å². The summed E-state index contributed by atoms with van der Waals surface area (Å²) in [5.74, 6) is 1.58. The van der Waals surface area contributed by atoms with Gasteiger partial charge in [-0.15, -0.1) is 0 Å². The number of para-hydroxylation sites is 1. The number of methoxy groups -OCH3 is 1. The molecule has 0 bridgehead atoms. The van der Waals surface area contributed by atoms with Crippen LogP contribution in [0.4, 0.5) is 0 Å². The van der Waals surface area contributed by atoms with Crippen molar-refractivity contribution in [2.75, 3.05) is 13.7 Å².